The summed E-state index contributed by atoms with van der Waals surface area (Å²) in [6, 6.07) is 3.61. The van der Waals surface area contributed by atoms with Crippen molar-refractivity contribution in [2.45, 2.75) is 46.1 Å². The van der Waals surface area contributed by atoms with Crippen molar-refractivity contribution in [2.24, 2.45) is 5.41 Å². The van der Waals surface area contributed by atoms with Crippen molar-refractivity contribution in [1.29, 1.82) is 0 Å². The van der Waals surface area contributed by atoms with Crippen LogP contribution in [0.3, 0.4) is 0 Å². The molecular weight excluding hydrogens is 303 g/mol. The van der Waals surface area contributed by atoms with Crippen molar-refractivity contribution < 1.29 is 9.18 Å². The summed E-state index contributed by atoms with van der Waals surface area (Å²) in [5.74, 6) is -0.189. The first-order valence-electron chi connectivity index (χ1n) is 7.59. The van der Waals surface area contributed by atoms with Crippen LogP contribution in [0.1, 0.15) is 50.8 Å². The predicted octanol–water partition coefficient (Wildman–Crippen LogP) is 4.50. The smallest absolute Gasteiger partial charge is 0.226 e. The molecule has 0 bridgehead atoms. The van der Waals surface area contributed by atoms with E-state index >= 15 is 0 Å². The number of fused-ring (bicyclic) bond motifs is 1. The molecule has 1 aliphatic rings. The number of carbonyl (C=O) groups is 1. The molecule has 5 heteroatoms. The molecule has 118 valence electrons. The van der Waals surface area contributed by atoms with E-state index in [9.17, 15) is 9.18 Å². The van der Waals surface area contributed by atoms with Crippen molar-refractivity contribution in [2.75, 3.05) is 0 Å². The number of aromatic nitrogens is 1. The molecule has 1 aromatic carbocycles. The summed E-state index contributed by atoms with van der Waals surface area (Å²) in [7, 11) is 0. The lowest BCUT2D eigenvalue weighted by Crippen LogP contribution is -2.29. The third kappa shape index (κ3) is 2.60. The highest BCUT2D eigenvalue weighted by Gasteiger charge is 2.44. The summed E-state index contributed by atoms with van der Waals surface area (Å²) in [5, 5.41) is 3.56. The molecule has 2 aromatic rings. The molecule has 2 N–H and O–H groups in total. The minimum Gasteiger partial charge on any atom is -0.357 e. The molecule has 1 aromatic heterocycles. The molecule has 3 nitrogen and oxygen atoms in total. The third-order valence-corrected chi connectivity index (χ3v) is 4.88. The van der Waals surface area contributed by atoms with Gasteiger partial charge in [-0.25, -0.2) is 4.39 Å². The van der Waals surface area contributed by atoms with Crippen LogP contribution < -0.4 is 5.32 Å². The maximum Gasteiger partial charge on any atom is 0.226 e. The average Bonchev–Trinajstić information content (AvgIpc) is 3.08. The van der Waals surface area contributed by atoms with Crippen molar-refractivity contribution in [3.63, 3.8) is 0 Å². The number of amides is 1. The number of halogens is 2. The Kier molecular flexibility index (Phi) is 3.68. The highest BCUT2D eigenvalue weighted by molar-refractivity contribution is 6.32. The van der Waals surface area contributed by atoms with Crippen molar-refractivity contribution >= 4 is 28.4 Å². The molecule has 0 spiro atoms. The van der Waals surface area contributed by atoms with E-state index in [2.05, 4.69) is 10.3 Å². The highest BCUT2D eigenvalue weighted by Crippen LogP contribution is 2.45. The second-order valence-corrected chi connectivity index (χ2v) is 7.13. The van der Waals surface area contributed by atoms with Gasteiger partial charge in [0.1, 0.15) is 0 Å². The van der Waals surface area contributed by atoms with E-state index in [1.807, 2.05) is 26.8 Å². The molecule has 22 heavy (non-hydrogen) atoms. The van der Waals surface area contributed by atoms with Crippen LogP contribution in [0.25, 0.3) is 10.9 Å². The van der Waals surface area contributed by atoms with Crippen LogP contribution in [0, 0.1) is 11.2 Å². The summed E-state index contributed by atoms with van der Waals surface area (Å²) < 4.78 is 14.4. The maximum absolute atomic E-state index is 14.4. The normalized spacial score (nSPS) is 16.3. The molecule has 0 atom stereocenters. The lowest BCUT2D eigenvalue weighted by atomic mass is 10.0. The molecule has 1 amide bonds. The number of benzene rings is 1. The van der Waals surface area contributed by atoms with Crippen molar-refractivity contribution in [1.82, 2.24) is 10.3 Å². The quantitative estimate of drug-likeness (QED) is 0.855. The van der Waals surface area contributed by atoms with Gasteiger partial charge in [-0.1, -0.05) is 32.4 Å². The number of aromatic amines is 1. The molecule has 1 saturated carbocycles. The Balaban J connectivity index is 1.86. The third-order valence-electron chi connectivity index (χ3n) is 4.50. The fraction of sp³-hybridized carbons (Fsp3) is 0.471. The summed E-state index contributed by atoms with van der Waals surface area (Å²) >= 11 is 6.11. The number of rotatable bonds is 4. The maximum atomic E-state index is 14.4. The first kappa shape index (κ1) is 15.3. The fourth-order valence-electron chi connectivity index (χ4n) is 2.61. The standard InChI is InChI=1S/C17H20ClFN2O/c1-9(2)11-7-13-12(15(19)14(11)18)6-10(21-13)8-20-16(22)17(3)4-5-17/h6-7,9,21H,4-5,8H2,1-3H3,(H,20,22). The van der Waals surface area contributed by atoms with Crippen LogP contribution in [0.2, 0.25) is 5.02 Å². The Morgan fingerprint density at radius 3 is 2.73 bits per heavy atom. The second kappa shape index (κ2) is 5.27. The zero-order chi connectivity index (χ0) is 16.1. The van der Waals surface area contributed by atoms with Gasteiger partial charge in [0.15, 0.2) is 5.82 Å². The summed E-state index contributed by atoms with van der Waals surface area (Å²) in [5.41, 5.74) is 2.08. The summed E-state index contributed by atoms with van der Waals surface area (Å²) in [4.78, 5) is 15.1. The minimum atomic E-state index is -0.397. The molecule has 3 rings (SSSR count). The van der Waals surface area contributed by atoms with E-state index in [1.54, 1.807) is 6.07 Å². The zero-order valence-corrected chi connectivity index (χ0v) is 13.8. The fourth-order valence-corrected chi connectivity index (χ4v) is 2.98. The number of carbonyl (C=O) groups excluding carboxylic acids is 1. The van der Waals surface area contributed by atoms with E-state index in [-0.39, 0.29) is 22.3 Å². The van der Waals surface area contributed by atoms with E-state index < -0.39 is 5.82 Å². The van der Waals surface area contributed by atoms with Gasteiger partial charge in [0.2, 0.25) is 5.91 Å². The Bertz CT molecular complexity index is 747. The van der Waals surface area contributed by atoms with Crippen LogP contribution in [0.4, 0.5) is 4.39 Å². The molecule has 1 fully saturated rings. The van der Waals surface area contributed by atoms with Gasteiger partial charge in [-0.05, 0) is 36.5 Å². The average molecular weight is 323 g/mol. The van der Waals surface area contributed by atoms with Gasteiger partial charge < -0.3 is 10.3 Å². The summed E-state index contributed by atoms with van der Waals surface area (Å²) in [6.45, 7) is 6.29. The Morgan fingerprint density at radius 2 is 2.14 bits per heavy atom. The molecule has 0 radical (unpaired) electrons. The molecule has 0 saturated heterocycles. The number of H-pyrrole nitrogens is 1. The molecule has 1 heterocycles. The molecular formula is C17H20ClFN2O. The monoisotopic (exact) mass is 322 g/mol. The Hall–Kier alpha value is -1.55. The number of nitrogens with one attached hydrogen (secondary N) is 2. The largest absolute Gasteiger partial charge is 0.357 e. The van der Waals surface area contributed by atoms with E-state index in [4.69, 9.17) is 11.6 Å². The summed E-state index contributed by atoms with van der Waals surface area (Å²) in [6.07, 6.45) is 1.88. The van der Waals surface area contributed by atoms with E-state index in [0.717, 1.165) is 24.1 Å². The molecule has 0 aliphatic heterocycles. The minimum absolute atomic E-state index is 0.0625. The van der Waals surface area contributed by atoms with E-state index in [1.165, 1.54) is 0 Å². The Morgan fingerprint density at radius 1 is 1.45 bits per heavy atom. The SMILES string of the molecule is CC(C)c1cc2[nH]c(CNC(=O)C3(C)CC3)cc2c(F)c1Cl. The lowest BCUT2D eigenvalue weighted by Gasteiger charge is -2.09. The van der Waals surface area contributed by atoms with Crippen molar-refractivity contribution in [3.05, 3.63) is 34.2 Å². The van der Waals surface area contributed by atoms with Crippen molar-refractivity contribution in [3.8, 4) is 0 Å². The highest BCUT2D eigenvalue weighted by atomic mass is 35.5. The van der Waals surface area contributed by atoms with Crippen LogP contribution >= 0.6 is 11.6 Å². The molecule has 0 unspecified atom stereocenters. The Labute approximate surface area is 134 Å². The van der Waals surface area contributed by atoms with Gasteiger partial charge in [-0.15, -0.1) is 0 Å². The molecule has 1 aliphatic carbocycles. The number of hydrogen-bond acceptors (Lipinski definition) is 1. The van der Waals surface area contributed by atoms with Gasteiger partial charge in [0.05, 0.1) is 11.6 Å². The van der Waals surface area contributed by atoms with Crippen LogP contribution in [-0.2, 0) is 11.3 Å². The second-order valence-electron chi connectivity index (χ2n) is 6.75. The van der Waals surface area contributed by atoms with Gasteiger partial charge in [0, 0.05) is 22.0 Å². The van der Waals surface area contributed by atoms with Crippen LogP contribution in [0.15, 0.2) is 12.1 Å². The van der Waals surface area contributed by atoms with Crippen LogP contribution in [-0.4, -0.2) is 10.9 Å². The van der Waals surface area contributed by atoms with Gasteiger partial charge >= 0.3 is 0 Å². The zero-order valence-electron chi connectivity index (χ0n) is 13.0. The van der Waals surface area contributed by atoms with E-state index in [0.29, 0.717) is 17.4 Å². The topological polar surface area (TPSA) is 44.9 Å². The first-order valence-corrected chi connectivity index (χ1v) is 7.97. The van der Waals surface area contributed by atoms with Gasteiger partial charge in [-0.3, -0.25) is 4.79 Å². The van der Waals surface area contributed by atoms with Crippen LogP contribution in [0.5, 0.6) is 0 Å². The van der Waals surface area contributed by atoms with Gasteiger partial charge in [0.25, 0.3) is 0 Å². The van der Waals surface area contributed by atoms with Gasteiger partial charge in [-0.2, -0.15) is 0 Å². The lowest BCUT2D eigenvalue weighted by molar-refractivity contribution is -0.125. The predicted molar refractivity (Wildman–Crippen MR) is 86.5 cm³/mol. The first-order chi connectivity index (χ1) is 10.3. The number of hydrogen-bond donors (Lipinski definition) is 2.